The monoisotopic (exact) mass is 377 g/mol. The molecule has 2 saturated heterocycles. The van der Waals surface area contributed by atoms with E-state index in [1.54, 1.807) is 20.8 Å². The SMILES string of the molecule is CC(C)(C)OC(=O)N[C@@H](Cc1ccccc1)C(=O)O[C@@H]1CO[C@@H]2CCO[C@H]21. The fourth-order valence-electron chi connectivity index (χ4n) is 3.26. The summed E-state index contributed by atoms with van der Waals surface area (Å²) in [5.41, 5.74) is 0.253. The van der Waals surface area contributed by atoms with Gasteiger partial charge in [0, 0.05) is 13.0 Å². The highest BCUT2D eigenvalue weighted by atomic mass is 16.6. The van der Waals surface area contributed by atoms with E-state index >= 15 is 0 Å². The molecule has 27 heavy (non-hydrogen) atoms. The first-order chi connectivity index (χ1) is 12.8. The first-order valence-corrected chi connectivity index (χ1v) is 9.29. The van der Waals surface area contributed by atoms with Crippen LogP contribution in [0.1, 0.15) is 32.8 Å². The number of carbonyl (C=O) groups is 2. The van der Waals surface area contributed by atoms with Crippen LogP contribution >= 0.6 is 0 Å². The van der Waals surface area contributed by atoms with Gasteiger partial charge in [0.2, 0.25) is 0 Å². The smallest absolute Gasteiger partial charge is 0.408 e. The molecule has 0 aromatic heterocycles. The molecule has 0 aliphatic carbocycles. The highest BCUT2D eigenvalue weighted by Gasteiger charge is 2.44. The lowest BCUT2D eigenvalue weighted by Gasteiger charge is -2.24. The summed E-state index contributed by atoms with van der Waals surface area (Å²) in [6.07, 6.45) is -0.243. The summed E-state index contributed by atoms with van der Waals surface area (Å²) in [6, 6.07) is 8.59. The quantitative estimate of drug-likeness (QED) is 0.793. The van der Waals surface area contributed by atoms with Crippen molar-refractivity contribution in [2.75, 3.05) is 13.2 Å². The zero-order valence-electron chi connectivity index (χ0n) is 16.0. The van der Waals surface area contributed by atoms with Crippen molar-refractivity contribution >= 4 is 12.1 Å². The molecule has 2 aliphatic rings. The van der Waals surface area contributed by atoms with E-state index in [4.69, 9.17) is 18.9 Å². The Morgan fingerprint density at radius 2 is 1.96 bits per heavy atom. The van der Waals surface area contributed by atoms with Crippen molar-refractivity contribution in [3.05, 3.63) is 35.9 Å². The van der Waals surface area contributed by atoms with Crippen LogP contribution in [0.25, 0.3) is 0 Å². The Labute approximate surface area is 159 Å². The summed E-state index contributed by atoms with van der Waals surface area (Å²) in [6.45, 7) is 6.22. The maximum Gasteiger partial charge on any atom is 0.408 e. The second kappa shape index (κ2) is 8.27. The average Bonchev–Trinajstić information content (AvgIpc) is 3.18. The van der Waals surface area contributed by atoms with Gasteiger partial charge in [-0.15, -0.1) is 0 Å². The van der Waals surface area contributed by atoms with Crippen molar-refractivity contribution < 1.29 is 28.5 Å². The number of benzene rings is 1. The highest BCUT2D eigenvalue weighted by Crippen LogP contribution is 2.28. The van der Waals surface area contributed by atoms with E-state index in [-0.39, 0.29) is 12.2 Å². The predicted molar refractivity (Wildman–Crippen MR) is 97.3 cm³/mol. The molecule has 0 saturated carbocycles. The third-order valence-electron chi connectivity index (χ3n) is 4.45. The number of amides is 1. The fraction of sp³-hybridized carbons (Fsp3) is 0.600. The summed E-state index contributed by atoms with van der Waals surface area (Å²) in [5.74, 6) is -0.519. The number of esters is 1. The van der Waals surface area contributed by atoms with Crippen molar-refractivity contribution in [1.82, 2.24) is 5.32 Å². The first-order valence-electron chi connectivity index (χ1n) is 9.29. The lowest BCUT2D eigenvalue weighted by molar-refractivity contribution is -0.156. The standard InChI is InChI=1S/C20H27NO6/c1-20(2,3)27-19(23)21-14(11-13-7-5-4-6-8-13)18(22)26-16-12-25-15-9-10-24-17(15)16/h4-8,14-17H,9-12H2,1-3H3,(H,21,23)/t14-,15+,16+,17+/m0/s1. The van der Waals surface area contributed by atoms with E-state index in [0.717, 1.165) is 12.0 Å². The van der Waals surface area contributed by atoms with Crippen LogP contribution in [0.4, 0.5) is 4.79 Å². The lowest BCUT2D eigenvalue weighted by Crippen LogP contribution is -2.47. The Kier molecular flexibility index (Phi) is 6.01. The second-order valence-corrected chi connectivity index (χ2v) is 7.86. The van der Waals surface area contributed by atoms with Gasteiger partial charge in [-0.3, -0.25) is 0 Å². The lowest BCUT2D eigenvalue weighted by atomic mass is 10.1. The van der Waals surface area contributed by atoms with Gasteiger partial charge in [-0.05, 0) is 32.8 Å². The molecular formula is C20H27NO6. The molecular weight excluding hydrogens is 350 g/mol. The molecule has 2 aliphatic heterocycles. The normalized spacial score (nSPS) is 25.5. The van der Waals surface area contributed by atoms with E-state index in [0.29, 0.717) is 19.6 Å². The van der Waals surface area contributed by atoms with Crippen LogP contribution in [0.2, 0.25) is 0 Å². The first kappa shape index (κ1) is 19.6. The van der Waals surface area contributed by atoms with Gasteiger partial charge in [0.15, 0.2) is 6.10 Å². The molecule has 7 heteroatoms. The number of alkyl carbamates (subject to hydrolysis) is 1. The number of ether oxygens (including phenoxy) is 4. The number of rotatable bonds is 5. The van der Waals surface area contributed by atoms with Crippen LogP contribution in [-0.2, 0) is 30.2 Å². The topological polar surface area (TPSA) is 83.1 Å². The maximum atomic E-state index is 12.8. The van der Waals surface area contributed by atoms with Crippen LogP contribution in [0.5, 0.6) is 0 Å². The Morgan fingerprint density at radius 1 is 1.22 bits per heavy atom. The van der Waals surface area contributed by atoms with Gasteiger partial charge in [-0.1, -0.05) is 30.3 Å². The highest BCUT2D eigenvalue weighted by molar-refractivity contribution is 5.82. The maximum absolute atomic E-state index is 12.8. The third kappa shape index (κ3) is 5.43. The van der Waals surface area contributed by atoms with Gasteiger partial charge in [0.05, 0.1) is 12.7 Å². The largest absolute Gasteiger partial charge is 0.455 e. The molecule has 0 radical (unpaired) electrons. The summed E-state index contributed by atoms with van der Waals surface area (Å²) in [5, 5.41) is 2.64. The number of fused-ring (bicyclic) bond motifs is 1. The molecule has 2 fully saturated rings. The van der Waals surface area contributed by atoms with Crippen LogP contribution in [-0.4, -0.2) is 55.2 Å². The number of carbonyl (C=O) groups excluding carboxylic acids is 2. The van der Waals surface area contributed by atoms with Crippen molar-refractivity contribution in [2.45, 2.75) is 63.6 Å². The zero-order chi connectivity index (χ0) is 19.4. The summed E-state index contributed by atoms with van der Waals surface area (Å²) >= 11 is 0. The van der Waals surface area contributed by atoms with Crippen molar-refractivity contribution in [3.63, 3.8) is 0 Å². The molecule has 0 unspecified atom stereocenters. The van der Waals surface area contributed by atoms with Crippen molar-refractivity contribution in [3.8, 4) is 0 Å². The Morgan fingerprint density at radius 3 is 2.67 bits per heavy atom. The van der Waals surface area contributed by atoms with E-state index < -0.39 is 29.8 Å². The second-order valence-electron chi connectivity index (χ2n) is 7.86. The van der Waals surface area contributed by atoms with Gasteiger partial charge >= 0.3 is 12.1 Å². The Balaban J connectivity index is 1.66. The van der Waals surface area contributed by atoms with Crippen molar-refractivity contribution in [2.24, 2.45) is 0 Å². The molecule has 7 nitrogen and oxygen atoms in total. The van der Waals surface area contributed by atoms with Crippen molar-refractivity contribution in [1.29, 1.82) is 0 Å². The molecule has 0 bridgehead atoms. The summed E-state index contributed by atoms with van der Waals surface area (Å²) < 4.78 is 22.2. The van der Waals surface area contributed by atoms with Gasteiger partial charge < -0.3 is 24.3 Å². The fourth-order valence-corrected chi connectivity index (χ4v) is 3.26. The number of hydrogen-bond acceptors (Lipinski definition) is 6. The van der Waals surface area contributed by atoms with E-state index in [9.17, 15) is 9.59 Å². The van der Waals surface area contributed by atoms with E-state index in [2.05, 4.69) is 5.32 Å². The molecule has 1 aromatic rings. The van der Waals surface area contributed by atoms with Gasteiger partial charge in [0.1, 0.15) is 17.7 Å². The molecule has 1 aromatic carbocycles. The minimum Gasteiger partial charge on any atom is -0.455 e. The molecule has 3 rings (SSSR count). The average molecular weight is 377 g/mol. The predicted octanol–water partition coefficient (Wildman–Crippen LogP) is 2.22. The molecule has 1 amide bonds. The summed E-state index contributed by atoms with van der Waals surface area (Å²) in [7, 11) is 0. The molecule has 2 heterocycles. The van der Waals surface area contributed by atoms with Gasteiger partial charge in [-0.2, -0.15) is 0 Å². The molecule has 4 atom stereocenters. The van der Waals surface area contributed by atoms with Gasteiger partial charge in [0.25, 0.3) is 0 Å². The van der Waals surface area contributed by atoms with Gasteiger partial charge in [-0.25, -0.2) is 9.59 Å². The number of nitrogens with one attached hydrogen (secondary N) is 1. The molecule has 148 valence electrons. The molecule has 1 N–H and O–H groups in total. The summed E-state index contributed by atoms with van der Waals surface area (Å²) in [4.78, 5) is 25.0. The molecule has 0 spiro atoms. The Bertz CT molecular complexity index is 656. The van der Waals surface area contributed by atoms with Crippen LogP contribution < -0.4 is 5.32 Å². The van der Waals surface area contributed by atoms with E-state index in [1.807, 2.05) is 30.3 Å². The van der Waals surface area contributed by atoms with Crippen LogP contribution in [0.15, 0.2) is 30.3 Å². The third-order valence-corrected chi connectivity index (χ3v) is 4.45. The van der Waals surface area contributed by atoms with E-state index in [1.165, 1.54) is 0 Å². The van der Waals surface area contributed by atoms with Crippen LogP contribution in [0.3, 0.4) is 0 Å². The number of hydrogen-bond donors (Lipinski definition) is 1. The zero-order valence-corrected chi connectivity index (χ0v) is 16.0. The Hall–Kier alpha value is -2.12. The minimum atomic E-state index is -0.859. The minimum absolute atomic E-state index is 0.0193. The van der Waals surface area contributed by atoms with Crippen LogP contribution in [0, 0.1) is 0 Å².